The Balaban J connectivity index is 0.00000300. The lowest BCUT2D eigenvalue weighted by molar-refractivity contribution is 0.436. The van der Waals surface area contributed by atoms with Crippen molar-refractivity contribution < 1.29 is 0 Å². The average Bonchev–Trinajstić information content (AvgIpc) is 2.75. The summed E-state index contributed by atoms with van der Waals surface area (Å²) in [5.74, 6) is 3.17. The summed E-state index contributed by atoms with van der Waals surface area (Å²) in [4.78, 5) is 11.4. The van der Waals surface area contributed by atoms with Gasteiger partial charge in [-0.3, -0.25) is 4.99 Å². The van der Waals surface area contributed by atoms with E-state index in [0.29, 0.717) is 12.5 Å². The van der Waals surface area contributed by atoms with Gasteiger partial charge in [-0.1, -0.05) is 50.2 Å². The van der Waals surface area contributed by atoms with Crippen molar-refractivity contribution in [3.63, 3.8) is 0 Å². The van der Waals surface area contributed by atoms with Crippen molar-refractivity contribution in [1.82, 2.24) is 15.6 Å². The van der Waals surface area contributed by atoms with E-state index in [1.807, 2.05) is 6.20 Å². The Morgan fingerprint density at radius 1 is 1.14 bits per heavy atom. The van der Waals surface area contributed by atoms with Crippen LogP contribution in [0.2, 0.25) is 0 Å². The summed E-state index contributed by atoms with van der Waals surface area (Å²) in [6.45, 7) is 8.34. The van der Waals surface area contributed by atoms with E-state index in [2.05, 4.69) is 81.8 Å². The second-order valence-electron chi connectivity index (χ2n) is 7.81. The molecule has 5 nitrogen and oxygen atoms in total. The highest BCUT2D eigenvalue weighted by molar-refractivity contribution is 14.0. The van der Waals surface area contributed by atoms with Gasteiger partial charge in [0, 0.05) is 39.4 Å². The van der Waals surface area contributed by atoms with Gasteiger partial charge >= 0.3 is 0 Å². The zero-order valence-electron chi connectivity index (χ0n) is 17.8. The Bertz CT molecular complexity index is 740. The van der Waals surface area contributed by atoms with E-state index >= 15 is 0 Å². The molecule has 1 aromatic carbocycles. The van der Waals surface area contributed by atoms with Gasteiger partial charge in [-0.05, 0) is 41.9 Å². The molecule has 2 heterocycles. The topological polar surface area (TPSA) is 52.6 Å². The van der Waals surface area contributed by atoms with Gasteiger partial charge in [0.1, 0.15) is 5.82 Å². The van der Waals surface area contributed by atoms with Crippen LogP contribution in [0.15, 0.2) is 53.7 Å². The molecule has 6 heteroatoms. The van der Waals surface area contributed by atoms with Crippen LogP contribution in [-0.4, -0.2) is 37.6 Å². The van der Waals surface area contributed by atoms with Gasteiger partial charge < -0.3 is 15.5 Å². The van der Waals surface area contributed by atoms with E-state index in [9.17, 15) is 0 Å². The minimum Gasteiger partial charge on any atom is -0.357 e. The number of nitrogens with one attached hydrogen (secondary N) is 2. The van der Waals surface area contributed by atoms with Gasteiger partial charge in [-0.25, -0.2) is 4.98 Å². The van der Waals surface area contributed by atoms with E-state index < -0.39 is 0 Å². The average molecular weight is 507 g/mol. The smallest absolute Gasteiger partial charge is 0.191 e. The molecule has 0 aliphatic carbocycles. The van der Waals surface area contributed by atoms with E-state index in [4.69, 9.17) is 0 Å². The number of rotatable bonds is 6. The number of piperidine rings is 1. The minimum atomic E-state index is 0. The molecule has 1 atom stereocenters. The highest BCUT2D eigenvalue weighted by atomic mass is 127. The molecular formula is C23H34IN5. The van der Waals surface area contributed by atoms with Gasteiger partial charge in [-0.2, -0.15) is 0 Å². The first kappa shape index (κ1) is 23.4. The van der Waals surface area contributed by atoms with Crippen molar-refractivity contribution in [3.05, 3.63) is 59.8 Å². The molecule has 0 saturated carbocycles. The van der Waals surface area contributed by atoms with Crippen LogP contribution in [0, 0.1) is 5.92 Å². The Morgan fingerprint density at radius 2 is 1.86 bits per heavy atom. The molecule has 3 rings (SSSR count). The van der Waals surface area contributed by atoms with E-state index in [0.717, 1.165) is 42.9 Å². The number of anilines is 1. The maximum atomic E-state index is 4.67. The monoisotopic (exact) mass is 507 g/mol. The van der Waals surface area contributed by atoms with Gasteiger partial charge in [0.2, 0.25) is 0 Å². The molecule has 2 N–H and O–H groups in total. The molecular weight excluding hydrogens is 473 g/mol. The summed E-state index contributed by atoms with van der Waals surface area (Å²) < 4.78 is 0. The number of guanidine groups is 1. The van der Waals surface area contributed by atoms with Crippen molar-refractivity contribution in [1.29, 1.82) is 0 Å². The lowest BCUT2D eigenvalue weighted by atomic mass is 9.99. The molecule has 1 unspecified atom stereocenters. The van der Waals surface area contributed by atoms with Gasteiger partial charge in [0.05, 0.1) is 0 Å². The predicted octanol–water partition coefficient (Wildman–Crippen LogP) is 4.40. The SMILES string of the molecule is CN=C(NCc1ccc(N2CCC(C)CC2)nc1)NCC(C)c1ccccc1.I. The van der Waals surface area contributed by atoms with Crippen LogP contribution < -0.4 is 15.5 Å². The molecule has 0 radical (unpaired) electrons. The van der Waals surface area contributed by atoms with Crippen LogP contribution >= 0.6 is 24.0 Å². The zero-order valence-corrected chi connectivity index (χ0v) is 20.1. The number of pyridine rings is 1. The fourth-order valence-corrected chi connectivity index (χ4v) is 3.50. The number of benzene rings is 1. The third kappa shape index (κ3) is 7.17. The standard InChI is InChI=1S/C23H33N5.HI/c1-18-11-13-28(14-12-18)22-10-9-20(16-25-22)17-27-23(24-3)26-15-19(2)21-7-5-4-6-8-21;/h4-10,16,18-19H,11-15,17H2,1-3H3,(H2,24,26,27);1H. The summed E-state index contributed by atoms with van der Waals surface area (Å²) in [5.41, 5.74) is 2.49. The Morgan fingerprint density at radius 3 is 2.48 bits per heavy atom. The quantitative estimate of drug-likeness (QED) is 0.346. The van der Waals surface area contributed by atoms with E-state index in [1.165, 1.54) is 18.4 Å². The van der Waals surface area contributed by atoms with E-state index in [-0.39, 0.29) is 24.0 Å². The van der Waals surface area contributed by atoms with Crippen molar-refractivity contribution >= 4 is 35.8 Å². The number of hydrogen-bond acceptors (Lipinski definition) is 3. The number of halogens is 1. The van der Waals surface area contributed by atoms with Crippen molar-refractivity contribution in [3.8, 4) is 0 Å². The number of aliphatic imine (C=N–C) groups is 1. The molecule has 0 bridgehead atoms. The summed E-state index contributed by atoms with van der Waals surface area (Å²) in [5, 5.41) is 6.80. The Labute approximate surface area is 192 Å². The lowest BCUT2D eigenvalue weighted by Gasteiger charge is -2.31. The molecule has 158 valence electrons. The molecule has 1 fully saturated rings. The summed E-state index contributed by atoms with van der Waals surface area (Å²) in [7, 11) is 1.81. The summed E-state index contributed by atoms with van der Waals surface area (Å²) in [6, 6.07) is 14.8. The Hall–Kier alpha value is -1.83. The summed E-state index contributed by atoms with van der Waals surface area (Å²) in [6.07, 6.45) is 4.49. The van der Waals surface area contributed by atoms with Gasteiger partial charge in [0.25, 0.3) is 0 Å². The molecule has 1 aliphatic rings. The molecule has 2 aromatic rings. The highest BCUT2D eigenvalue weighted by Gasteiger charge is 2.16. The molecule has 0 amide bonds. The lowest BCUT2D eigenvalue weighted by Crippen LogP contribution is -2.38. The molecule has 1 saturated heterocycles. The van der Waals surface area contributed by atoms with Crippen LogP contribution in [0.25, 0.3) is 0 Å². The molecule has 0 spiro atoms. The third-order valence-corrected chi connectivity index (χ3v) is 5.54. The third-order valence-electron chi connectivity index (χ3n) is 5.54. The summed E-state index contributed by atoms with van der Waals surface area (Å²) >= 11 is 0. The normalized spacial score (nSPS) is 16.1. The van der Waals surface area contributed by atoms with Crippen molar-refractivity contribution in [2.75, 3.05) is 31.6 Å². The first-order valence-electron chi connectivity index (χ1n) is 10.3. The van der Waals surface area contributed by atoms with E-state index in [1.54, 1.807) is 7.05 Å². The van der Waals surface area contributed by atoms with Gasteiger partial charge in [0.15, 0.2) is 5.96 Å². The fourth-order valence-electron chi connectivity index (χ4n) is 3.50. The van der Waals surface area contributed by atoms with Crippen molar-refractivity contribution in [2.24, 2.45) is 10.9 Å². The van der Waals surface area contributed by atoms with Crippen molar-refractivity contribution in [2.45, 2.75) is 39.2 Å². The second kappa shape index (κ2) is 12.0. The molecule has 1 aliphatic heterocycles. The first-order valence-corrected chi connectivity index (χ1v) is 10.3. The molecule has 1 aromatic heterocycles. The van der Waals surface area contributed by atoms with Crippen LogP contribution in [0.1, 0.15) is 43.7 Å². The predicted molar refractivity (Wildman–Crippen MR) is 133 cm³/mol. The maximum absolute atomic E-state index is 4.67. The minimum absolute atomic E-state index is 0. The molecule has 29 heavy (non-hydrogen) atoms. The van der Waals surface area contributed by atoms with Crippen LogP contribution in [0.4, 0.5) is 5.82 Å². The van der Waals surface area contributed by atoms with Gasteiger partial charge in [-0.15, -0.1) is 24.0 Å². The number of hydrogen-bond donors (Lipinski definition) is 2. The van der Waals surface area contributed by atoms with Crippen LogP contribution in [0.5, 0.6) is 0 Å². The maximum Gasteiger partial charge on any atom is 0.191 e. The van der Waals surface area contributed by atoms with Crippen LogP contribution in [-0.2, 0) is 6.54 Å². The number of nitrogens with zero attached hydrogens (tertiary/aromatic N) is 3. The Kier molecular flexibility index (Phi) is 9.70. The van der Waals surface area contributed by atoms with Crippen LogP contribution in [0.3, 0.4) is 0 Å². The number of aromatic nitrogens is 1. The first-order chi connectivity index (χ1) is 13.7. The largest absolute Gasteiger partial charge is 0.357 e. The zero-order chi connectivity index (χ0) is 19.8. The highest BCUT2D eigenvalue weighted by Crippen LogP contribution is 2.21. The fraction of sp³-hybridized carbons (Fsp3) is 0.478. The second-order valence-corrected chi connectivity index (χ2v) is 7.81.